The average Bonchev–Trinajstić information content (AvgIpc) is 2.23. The fourth-order valence-electron chi connectivity index (χ4n) is 1.46. The normalized spacial score (nSPS) is 10.2. The highest BCUT2D eigenvalue weighted by Gasteiger charge is 2.17. The lowest BCUT2D eigenvalue weighted by atomic mass is 10.1. The standard InChI is InChI=1S/C11H15NO4/c1-6-7(2)10(16-5-15-4)8(3)12-9(6)11(13)14/h5H2,1-4H3,(H,13,14). The molecule has 0 radical (unpaired) electrons. The molecule has 0 aliphatic carbocycles. The molecule has 0 unspecified atom stereocenters. The third-order valence-electron chi connectivity index (χ3n) is 2.39. The van der Waals surface area contributed by atoms with E-state index in [1.54, 1.807) is 20.8 Å². The van der Waals surface area contributed by atoms with Crippen LogP contribution in [0.25, 0.3) is 0 Å². The third-order valence-corrected chi connectivity index (χ3v) is 2.39. The summed E-state index contributed by atoms with van der Waals surface area (Å²) in [6, 6.07) is 0. The zero-order chi connectivity index (χ0) is 12.3. The molecule has 0 atom stereocenters. The van der Waals surface area contributed by atoms with Gasteiger partial charge in [0, 0.05) is 7.11 Å². The van der Waals surface area contributed by atoms with E-state index < -0.39 is 5.97 Å². The lowest BCUT2D eigenvalue weighted by Gasteiger charge is -2.14. The van der Waals surface area contributed by atoms with Crippen molar-refractivity contribution in [3.63, 3.8) is 0 Å². The first-order valence-electron chi connectivity index (χ1n) is 4.81. The largest absolute Gasteiger partial charge is 0.477 e. The highest BCUT2D eigenvalue weighted by atomic mass is 16.7. The number of carbonyl (C=O) groups is 1. The number of hydrogen-bond donors (Lipinski definition) is 1. The van der Waals surface area contributed by atoms with E-state index in [1.165, 1.54) is 7.11 Å². The van der Waals surface area contributed by atoms with Gasteiger partial charge in [-0.2, -0.15) is 0 Å². The summed E-state index contributed by atoms with van der Waals surface area (Å²) in [6.45, 7) is 5.35. The van der Waals surface area contributed by atoms with Gasteiger partial charge in [-0.25, -0.2) is 9.78 Å². The summed E-state index contributed by atoms with van der Waals surface area (Å²) in [5.74, 6) is -0.439. The quantitative estimate of drug-likeness (QED) is 0.789. The van der Waals surface area contributed by atoms with E-state index in [0.29, 0.717) is 17.0 Å². The summed E-state index contributed by atoms with van der Waals surface area (Å²) in [4.78, 5) is 14.9. The van der Waals surface area contributed by atoms with Crippen LogP contribution in [0.2, 0.25) is 0 Å². The molecule has 0 amide bonds. The number of nitrogens with zero attached hydrogens (tertiary/aromatic N) is 1. The smallest absolute Gasteiger partial charge is 0.354 e. The van der Waals surface area contributed by atoms with Crippen molar-refractivity contribution in [1.29, 1.82) is 0 Å². The van der Waals surface area contributed by atoms with Crippen LogP contribution in [-0.2, 0) is 4.74 Å². The van der Waals surface area contributed by atoms with Gasteiger partial charge in [0.2, 0.25) is 0 Å². The molecule has 1 aromatic rings. The molecule has 1 heterocycles. The van der Waals surface area contributed by atoms with Crippen LogP contribution in [0, 0.1) is 20.8 Å². The maximum absolute atomic E-state index is 10.9. The molecule has 16 heavy (non-hydrogen) atoms. The van der Waals surface area contributed by atoms with Gasteiger partial charge in [0.25, 0.3) is 0 Å². The minimum absolute atomic E-state index is 0.0692. The molecular formula is C11H15NO4. The van der Waals surface area contributed by atoms with E-state index in [0.717, 1.165) is 5.56 Å². The van der Waals surface area contributed by atoms with Gasteiger partial charge in [-0.05, 0) is 31.9 Å². The van der Waals surface area contributed by atoms with Crippen molar-refractivity contribution < 1.29 is 19.4 Å². The van der Waals surface area contributed by atoms with Crippen LogP contribution in [0.1, 0.15) is 27.3 Å². The highest BCUT2D eigenvalue weighted by Crippen LogP contribution is 2.26. The molecule has 0 aromatic carbocycles. The van der Waals surface area contributed by atoms with Crippen LogP contribution < -0.4 is 4.74 Å². The molecule has 0 aliphatic heterocycles. The Morgan fingerprint density at radius 3 is 2.44 bits per heavy atom. The van der Waals surface area contributed by atoms with Gasteiger partial charge < -0.3 is 14.6 Å². The molecule has 1 rings (SSSR count). The lowest BCUT2D eigenvalue weighted by Crippen LogP contribution is -2.10. The minimum atomic E-state index is -1.03. The molecule has 1 N–H and O–H groups in total. The Morgan fingerprint density at radius 2 is 1.94 bits per heavy atom. The topological polar surface area (TPSA) is 68.7 Å². The number of ether oxygens (including phenoxy) is 2. The number of pyridine rings is 1. The van der Waals surface area contributed by atoms with Gasteiger partial charge in [-0.15, -0.1) is 0 Å². The second-order valence-electron chi connectivity index (χ2n) is 3.48. The van der Waals surface area contributed by atoms with Gasteiger partial charge in [0.15, 0.2) is 12.5 Å². The SMILES string of the molecule is COCOc1c(C)nc(C(=O)O)c(C)c1C. The molecule has 1 aromatic heterocycles. The number of aromatic carboxylic acids is 1. The number of hydrogen-bond acceptors (Lipinski definition) is 4. The number of methoxy groups -OCH3 is 1. The van der Waals surface area contributed by atoms with E-state index in [1.807, 2.05) is 0 Å². The third kappa shape index (κ3) is 2.30. The number of carboxylic acids is 1. The zero-order valence-corrected chi connectivity index (χ0v) is 9.83. The Kier molecular flexibility index (Phi) is 3.84. The van der Waals surface area contributed by atoms with Crippen LogP contribution >= 0.6 is 0 Å². The summed E-state index contributed by atoms with van der Waals surface area (Å²) in [6.07, 6.45) is 0. The molecule has 0 fully saturated rings. The van der Waals surface area contributed by atoms with Crippen molar-refractivity contribution in [2.24, 2.45) is 0 Å². The van der Waals surface area contributed by atoms with Crippen LogP contribution in [-0.4, -0.2) is 30.0 Å². The van der Waals surface area contributed by atoms with Gasteiger partial charge >= 0.3 is 5.97 Å². The molecular weight excluding hydrogens is 210 g/mol. The number of rotatable bonds is 4. The summed E-state index contributed by atoms with van der Waals surface area (Å²) < 4.78 is 10.2. The maximum atomic E-state index is 10.9. The van der Waals surface area contributed by atoms with E-state index in [4.69, 9.17) is 14.6 Å². The monoisotopic (exact) mass is 225 g/mol. The fourth-order valence-corrected chi connectivity index (χ4v) is 1.46. The minimum Gasteiger partial charge on any atom is -0.477 e. The molecule has 0 spiro atoms. The van der Waals surface area contributed by atoms with Crippen molar-refractivity contribution in [1.82, 2.24) is 4.98 Å². The first-order chi connectivity index (χ1) is 7.49. The summed E-state index contributed by atoms with van der Waals surface area (Å²) in [5.41, 5.74) is 2.02. The maximum Gasteiger partial charge on any atom is 0.354 e. The van der Waals surface area contributed by atoms with Crippen LogP contribution in [0.3, 0.4) is 0 Å². The first kappa shape index (κ1) is 12.4. The Balaban J connectivity index is 3.23. The second kappa shape index (κ2) is 4.94. The van der Waals surface area contributed by atoms with Gasteiger partial charge in [0.1, 0.15) is 5.75 Å². The number of aromatic nitrogens is 1. The predicted octanol–water partition coefficient (Wildman–Crippen LogP) is 1.69. The Morgan fingerprint density at radius 1 is 1.31 bits per heavy atom. The number of carboxylic acid groups (broad SMARTS) is 1. The first-order valence-corrected chi connectivity index (χ1v) is 4.81. The van der Waals surface area contributed by atoms with Crippen LogP contribution in [0.15, 0.2) is 0 Å². The fraction of sp³-hybridized carbons (Fsp3) is 0.455. The van der Waals surface area contributed by atoms with Gasteiger partial charge in [-0.1, -0.05) is 0 Å². The van der Waals surface area contributed by atoms with Crippen LogP contribution in [0.4, 0.5) is 0 Å². The van der Waals surface area contributed by atoms with Gasteiger partial charge in [-0.3, -0.25) is 0 Å². The van der Waals surface area contributed by atoms with Crippen molar-refractivity contribution >= 4 is 5.97 Å². The van der Waals surface area contributed by atoms with E-state index >= 15 is 0 Å². The average molecular weight is 225 g/mol. The molecule has 0 saturated heterocycles. The molecule has 0 saturated carbocycles. The molecule has 0 bridgehead atoms. The van der Waals surface area contributed by atoms with Gasteiger partial charge in [0.05, 0.1) is 5.69 Å². The van der Waals surface area contributed by atoms with Crippen molar-refractivity contribution in [2.45, 2.75) is 20.8 Å². The number of aryl methyl sites for hydroxylation is 1. The summed E-state index contributed by atoms with van der Waals surface area (Å²) in [7, 11) is 1.52. The van der Waals surface area contributed by atoms with Crippen molar-refractivity contribution in [3.8, 4) is 5.75 Å². The molecule has 88 valence electrons. The van der Waals surface area contributed by atoms with Crippen molar-refractivity contribution in [2.75, 3.05) is 13.9 Å². The van der Waals surface area contributed by atoms with Crippen LogP contribution in [0.5, 0.6) is 5.75 Å². The molecule has 0 aliphatic rings. The summed E-state index contributed by atoms with van der Waals surface area (Å²) >= 11 is 0. The second-order valence-corrected chi connectivity index (χ2v) is 3.48. The van der Waals surface area contributed by atoms with Crippen molar-refractivity contribution in [3.05, 3.63) is 22.5 Å². The lowest BCUT2D eigenvalue weighted by molar-refractivity contribution is 0.0496. The van der Waals surface area contributed by atoms with E-state index in [-0.39, 0.29) is 12.5 Å². The Labute approximate surface area is 94.0 Å². The Bertz CT molecular complexity index is 415. The van der Waals surface area contributed by atoms with E-state index in [9.17, 15) is 4.79 Å². The van der Waals surface area contributed by atoms with E-state index in [2.05, 4.69) is 4.98 Å². The summed E-state index contributed by atoms with van der Waals surface area (Å²) in [5, 5.41) is 8.95. The zero-order valence-electron chi connectivity index (χ0n) is 9.83. The highest BCUT2D eigenvalue weighted by molar-refractivity contribution is 5.87. The predicted molar refractivity (Wildman–Crippen MR) is 57.9 cm³/mol. The molecule has 5 heteroatoms. The molecule has 5 nitrogen and oxygen atoms in total. The Hall–Kier alpha value is -1.62.